The summed E-state index contributed by atoms with van der Waals surface area (Å²) >= 11 is 0. The predicted octanol–water partition coefficient (Wildman–Crippen LogP) is -0.658. The highest BCUT2D eigenvalue weighted by molar-refractivity contribution is 5.94. The van der Waals surface area contributed by atoms with Crippen LogP contribution in [0.15, 0.2) is 0 Å². The number of carbonyl (C=O) groups is 2. The Hall–Kier alpha value is -1.96. The van der Waals surface area contributed by atoms with Gasteiger partial charge in [0.05, 0.1) is 6.10 Å². The van der Waals surface area contributed by atoms with Gasteiger partial charge in [0.1, 0.15) is 11.9 Å². The third-order valence-electron chi connectivity index (χ3n) is 3.48. The summed E-state index contributed by atoms with van der Waals surface area (Å²) in [5, 5.41) is 25.1. The van der Waals surface area contributed by atoms with E-state index in [4.69, 9.17) is 5.11 Å². The Labute approximate surface area is 108 Å². The third kappa shape index (κ3) is 2.19. The Balaban J connectivity index is 1.79. The number of likely N-dealkylation sites (tertiary alicyclic amines) is 1. The maximum Gasteiger partial charge on any atom is 0.326 e. The summed E-state index contributed by atoms with van der Waals surface area (Å²) in [6.45, 7) is 0.00308. The zero-order valence-electron chi connectivity index (χ0n) is 10.1. The standard InChI is InChI=1S/C11H14N4O4/c16-6-3-7(11(18)19)15(4-6)10(17)9-12-8(13-14-9)5-1-2-5/h5-7,16H,1-4H2,(H,18,19)(H,12,13,14)/t6-,7-/m0/s1. The zero-order valence-corrected chi connectivity index (χ0v) is 10.1. The summed E-state index contributed by atoms with van der Waals surface area (Å²) in [6.07, 6.45) is 1.29. The van der Waals surface area contributed by atoms with Gasteiger partial charge >= 0.3 is 5.97 Å². The number of nitrogens with zero attached hydrogens (tertiary/aromatic N) is 3. The Morgan fingerprint density at radius 3 is 2.74 bits per heavy atom. The minimum Gasteiger partial charge on any atom is -0.480 e. The minimum absolute atomic E-state index is 0.00308. The number of H-pyrrole nitrogens is 1. The Kier molecular flexibility index (Phi) is 2.74. The molecule has 8 nitrogen and oxygen atoms in total. The topological polar surface area (TPSA) is 119 Å². The molecule has 0 radical (unpaired) electrons. The van der Waals surface area contributed by atoms with Gasteiger partial charge in [0, 0.05) is 18.9 Å². The number of amides is 1. The van der Waals surface area contributed by atoms with Crippen LogP contribution in [0.2, 0.25) is 0 Å². The second-order valence-corrected chi connectivity index (χ2v) is 5.02. The number of carbonyl (C=O) groups excluding carboxylic acids is 1. The molecular formula is C11H14N4O4. The van der Waals surface area contributed by atoms with E-state index in [1.54, 1.807) is 0 Å². The van der Waals surface area contributed by atoms with Crippen molar-refractivity contribution >= 4 is 11.9 Å². The number of hydrogen-bond donors (Lipinski definition) is 3. The molecule has 2 aliphatic rings. The van der Waals surface area contributed by atoms with Crippen molar-refractivity contribution in [2.75, 3.05) is 6.54 Å². The van der Waals surface area contributed by atoms with E-state index >= 15 is 0 Å². The van der Waals surface area contributed by atoms with E-state index in [2.05, 4.69) is 15.2 Å². The summed E-state index contributed by atoms with van der Waals surface area (Å²) in [5.74, 6) is -0.680. The van der Waals surface area contributed by atoms with Crippen LogP contribution in [0.1, 0.15) is 41.6 Å². The van der Waals surface area contributed by atoms with Crippen molar-refractivity contribution in [1.82, 2.24) is 20.1 Å². The van der Waals surface area contributed by atoms with E-state index in [9.17, 15) is 14.7 Å². The van der Waals surface area contributed by atoms with Crippen LogP contribution in [0.4, 0.5) is 0 Å². The summed E-state index contributed by atoms with van der Waals surface area (Å²) in [5.41, 5.74) is 0. The molecule has 1 saturated carbocycles. The monoisotopic (exact) mass is 266 g/mol. The second kappa shape index (κ2) is 4.30. The molecule has 0 bridgehead atoms. The first-order valence-electron chi connectivity index (χ1n) is 6.20. The first-order chi connectivity index (χ1) is 9.06. The highest BCUT2D eigenvalue weighted by atomic mass is 16.4. The molecule has 1 aromatic rings. The Morgan fingerprint density at radius 1 is 1.37 bits per heavy atom. The van der Waals surface area contributed by atoms with Gasteiger partial charge in [-0.25, -0.2) is 9.78 Å². The first-order valence-corrected chi connectivity index (χ1v) is 6.20. The van der Waals surface area contributed by atoms with Crippen molar-refractivity contribution in [2.24, 2.45) is 0 Å². The number of β-amino-alcohol motifs (C(OH)–C–C–N with tert-alkyl or cyclic N) is 1. The van der Waals surface area contributed by atoms with E-state index < -0.39 is 24.0 Å². The lowest BCUT2D eigenvalue weighted by Gasteiger charge is -2.19. The molecule has 19 heavy (non-hydrogen) atoms. The molecule has 0 aromatic carbocycles. The first kappa shape index (κ1) is 12.1. The van der Waals surface area contributed by atoms with Crippen LogP contribution < -0.4 is 0 Å². The average molecular weight is 266 g/mol. The number of aliphatic carboxylic acids is 1. The molecule has 1 aromatic heterocycles. The lowest BCUT2D eigenvalue weighted by molar-refractivity contribution is -0.141. The van der Waals surface area contributed by atoms with Crippen molar-refractivity contribution in [3.8, 4) is 0 Å². The highest BCUT2D eigenvalue weighted by Crippen LogP contribution is 2.37. The minimum atomic E-state index is -1.12. The van der Waals surface area contributed by atoms with Gasteiger partial charge in [-0.2, -0.15) is 0 Å². The number of hydrogen-bond acceptors (Lipinski definition) is 5. The van der Waals surface area contributed by atoms with Crippen LogP contribution in [0.3, 0.4) is 0 Å². The summed E-state index contributed by atoms with van der Waals surface area (Å²) in [6, 6.07) is -1.01. The van der Waals surface area contributed by atoms with Gasteiger partial charge in [-0.15, -0.1) is 5.10 Å². The smallest absolute Gasteiger partial charge is 0.326 e. The van der Waals surface area contributed by atoms with E-state index in [1.165, 1.54) is 0 Å². The predicted molar refractivity (Wildman–Crippen MR) is 61.4 cm³/mol. The molecule has 102 valence electrons. The van der Waals surface area contributed by atoms with Crippen LogP contribution in [-0.2, 0) is 4.79 Å². The number of aliphatic hydroxyl groups is 1. The van der Waals surface area contributed by atoms with Crippen molar-refractivity contribution in [3.05, 3.63) is 11.6 Å². The van der Waals surface area contributed by atoms with Crippen LogP contribution in [-0.4, -0.2) is 60.9 Å². The number of rotatable bonds is 3. The molecule has 3 rings (SSSR count). The van der Waals surface area contributed by atoms with Crippen LogP contribution >= 0.6 is 0 Å². The van der Waals surface area contributed by atoms with Crippen molar-refractivity contribution < 1.29 is 19.8 Å². The molecule has 1 amide bonds. The number of aromatic amines is 1. The molecule has 1 aliphatic carbocycles. The summed E-state index contributed by atoms with van der Waals surface area (Å²) in [4.78, 5) is 28.5. The molecule has 0 unspecified atom stereocenters. The molecule has 2 fully saturated rings. The van der Waals surface area contributed by atoms with E-state index in [1.807, 2.05) is 0 Å². The fourth-order valence-corrected chi connectivity index (χ4v) is 2.31. The lowest BCUT2D eigenvalue weighted by Crippen LogP contribution is -2.41. The fraction of sp³-hybridized carbons (Fsp3) is 0.636. The zero-order chi connectivity index (χ0) is 13.6. The molecule has 1 saturated heterocycles. The van der Waals surface area contributed by atoms with E-state index in [0.717, 1.165) is 17.7 Å². The normalized spacial score (nSPS) is 26.7. The van der Waals surface area contributed by atoms with Crippen LogP contribution in [0, 0.1) is 0 Å². The molecule has 1 aliphatic heterocycles. The second-order valence-electron chi connectivity index (χ2n) is 5.02. The quantitative estimate of drug-likeness (QED) is 0.668. The summed E-state index contributed by atoms with van der Waals surface area (Å²) < 4.78 is 0. The Morgan fingerprint density at radius 2 is 2.11 bits per heavy atom. The number of nitrogens with one attached hydrogen (secondary N) is 1. The van der Waals surface area contributed by atoms with Gasteiger partial charge in [-0.05, 0) is 12.8 Å². The highest BCUT2D eigenvalue weighted by Gasteiger charge is 2.40. The van der Waals surface area contributed by atoms with Crippen LogP contribution in [0.5, 0.6) is 0 Å². The maximum absolute atomic E-state index is 12.2. The Bertz CT molecular complexity index is 525. The third-order valence-corrected chi connectivity index (χ3v) is 3.48. The molecular weight excluding hydrogens is 252 g/mol. The molecule has 0 spiro atoms. The number of aromatic nitrogens is 3. The summed E-state index contributed by atoms with van der Waals surface area (Å²) in [7, 11) is 0. The van der Waals surface area contributed by atoms with Crippen molar-refractivity contribution in [3.63, 3.8) is 0 Å². The fourth-order valence-electron chi connectivity index (χ4n) is 2.31. The largest absolute Gasteiger partial charge is 0.480 e. The van der Waals surface area contributed by atoms with Crippen molar-refractivity contribution in [2.45, 2.75) is 37.3 Å². The van der Waals surface area contributed by atoms with Gasteiger partial charge in [0.2, 0.25) is 5.82 Å². The van der Waals surface area contributed by atoms with E-state index in [0.29, 0.717) is 11.7 Å². The van der Waals surface area contributed by atoms with Crippen molar-refractivity contribution in [1.29, 1.82) is 0 Å². The van der Waals surface area contributed by atoms with Gasteiger partial charge in [-0.1, -0.05) is 0 Å². The maximum atomic E-state index is 12.2. The van der Waals surface area contributed by atoms with Gasteiger partial charge in [0.25, 0.3) is 5.91 Å². The number of aliphatic hydroxyl groups excluding tert-OH is 1. The van der Waals surface area contributed by atoms with Gasteiger partial charge in [-0.3, -0.25) is 9.89 Å². The van der Waals surface area contributed by atoms with E-state index in [-0.39, 0.29) is 18.8 Å². The van der Waals surface area contributed by atoms with Gasteiger partial charge < -0.3 is 15.1 Å². The lowest BCUT2D eigenvalue weighted by atomic mass is 10.2. The molecule has 8 heteroatoms. The average Bonchev–Trinajstić information content (AvgIpc) is 2.96. The van der Waals surface area contributed by atoms with Gasteiger partial charge in [0.15, 0.2) is 0 Å². The molecule has 2 atom stereocenters. The molecule has 3 N–H and O–H groups in total. The van der Waals surface area contributed by atoms with Crippen LogP contribution in [0.25, 0.3) is 0 Å². The molecule has 2 heterocycles. The SMILES string of the molecule is O=C(O)[C@@H]1C[C@H](O)CN1C(=O)c1n[nH]c(C2CC2)n1. The number of carboxylic acids is 1. The number of carboxylic acid groups (broad SMARTS) is 1.